The zero-order valence-corrected chi connectivity index (χ0v) is 7.89. The van der Waals surface area contributed by atoms with Gasteiger partial charge in [-0.25, -0.2) is 0 Å². The van der Waals surface area contributed by atoms with Gasteiger partial charge in [0.05, 0.1) is 0 Å². The lowest BCUT2D eigenvalue weighted by atomic mass is 10.2. The minimum atomic E-state index is 1.09. The van der Waals surface area contributed by atoms with E-state index in [9.17, 15) is 0 Å². The van der Waals surface area contributed by atoms with Crippen LogP contribution in [-0.2, 0) is 0 Å². The maximum atomic E-state index is 3.89. The summed E-state index contributed by atoms with van der Waals surface area (Å²) in [5.74, 6) is 0. The van der Waals surface area contributed by atoms with Crippen molar-refractivity contribution in [1.29, 1.82) is 0 Å². The Morgan fingerprint density at radius 1 is 1.36 bits per heavy atom. The average Bonchev–Trinajstić information content (AvgIpc) is 1.87. The van der Waals surface area contributed by atoms with Gasteiger partial charge in [0.25, 0.3) is 0 Å². The van der Waals surface area contributed by atoms with Gasteiger partial charge in [-0.15, -0.1) is 0 Å². The molecule has 62 valence electrons. The summed E-state index contributed by atoms with van der Waals surface area (Å²) in [7, 11) is 4.04. The zero-order valence-electron chi connectivity index (χ0n) is 7.89. The number of hydrogen-bond acceptors (Lipinski definition) is 1. The van der Waals surface area contributed by atoms with E-state index in [1.807, 2.05) is 40.1 Å². The topological polar surface area (TPSA) is 3.24 Å². The monoisotopic (exact) mass is 151 g/mol. The van der Waals surface area contributed by atoms with Crippen molar-refractivity contribution in [2.45, 2.75) is 13.8 Å². The molecule has 0 aliphatic carbocycles. The first-order valence-corrected chi connectivity index (χ1v) is 3.75. The molecule has 0 aliphatic heterocycles. The van der Waals surface area contributed by atoms with Crippen molar-refractivity contribution in [2.24, 2.45) is 0 Å². The van der Waals surface area contributed by atoms with Gasteiger partial charge in [0, 0.05) is 19.8 Å². The maximum absolute atomic E-state index is 3.89. The van der Waals surface area contributed by atoms with E-state index < -0.39 is 0 Å². The molecule has 1 heteroatoms. The third kappa shape index (κ3) is 3.66. The quantitative estimate of drug-likeness (QED) is 0.560. The van der Waals surface area contributed by atoms with E-state index in [-0.39, 0.29) is 0 Å². The number of hydrogen-bond donors (Lipinski definition) is 0. The molecule has 0 fully saturated rings. The van der Waals surface area contributed by atoms with Crippen molar-refractivity contribution in [3.05, 3.63) is 36.1 Å². The average molecular weight is 151 g/mol. The number of likely N-dealkylation sites (N-methyl/N-ethyl adjacent to an activating group) is 1. The van der Waals surface area contributed by atoms with Crippen LogP contribution in [0.4, 0.5) is 0 Å². The van der Waals surface area contributed by atoms with Crippen molar-refractivity contribution in [3.63, 3.8) is 0 Å². The highest BCUT2D eigenvalue weighted by atomic mass is 15.1. The van der Waals surface area contributed by atoms with E-state index in [1.54, 1.807) is 0 Å². The smallest absolute Gasteiger partial charge is 0.0384 e. The molecule has 11 heavy (non-hydrogen) atoms. The molecule has 0 radical (unpaired) electrons. The Labute approximate surface area is 69.7 Å². The molecule has 0 heterocycles. The Hall–Kier alpha value is -0.980. The molecule has 0 rings (SSSR count). The minimum absolute atomic E-state index is 1.09. The van der Waals surface area contributed by atoms with Crippen LogP contribution in [0.2, 0.25) is 0 Å². The van der Waals surface area contributed by atoms with Crippen LogP contribution in [0.1, 0.15) is 13.8 Å². The van der Waals surface area contributed by atoms with Crippen LogP contribution in [-0.4, -0.2) is 19.0 Å². The van der Waals surface area contributed by atoms with Crippen LogP contribution < -0.4 is 0 Å². The summed E-state index contributed by atoms with van der Waals surface area (Å²) in [6, 6.07) is 0. The fraction of sp³-hybridized carbons (Fsp3) is 0.400. The van der Waals surface area contributed by atoms with Crippen molar-refractivity contribution in [2.75, 3.05) is 14.1 Å². The standard InChI is InChI=1S/C10H17N/c1-6-7-8-10(9(2)3)11(4)5/h6-8H,2H2,1,3-5H3/b7-6-,10-8+. The van der Waals surface area contributed by atoms with Gasteiger partial charge in [-0.3, -0.25) is 0 Å². The molecule has 0 spiro atoms. The lowest BCUT2D eigenvalue weighted by Crippen LogP contribution is -2.11. The van der Waals surface area contributed by atoms with Crippen LogP contribution in [0.3, 0.4) is 0 Å². The Balaban J connectivity index is 4.46. The van der Waals surface area contributed by atoms with Gasteiger partial charge in [0.1, 0.15) is 0 Å². The molecule has 0 aliphatic rings. The molecule has 0 N–H and O–H groups in total. The summed E-state index contributed by atoms with van der Waals surface area (Å²) in [4.78, 5) is 2.06. The molecular weight excluding hydrogens is 134 g/mol. The van der Waals surface area contributed by atoms with Crippen LogP contribution in [0, 0.1) is 0 Å². The predicted octanol–water partition coefficient (Wildman–Crippen LogP) is 2.58. The van der Waals surface area contributed by atoms with Gasteiger partial charge in [0.15, 0.2) is 0 Å². The van der Waals surface area contributed by atoms with Gasteiger partial charge in [-0.2, -0.15) is 0 Å². The number of nitrogens with zero attached hydrogens (tertiary/aromatic N) is 1. The van der Waals surface area contributed by atoms with Crippen LogP contribution in [0.5, 0.6) is 0 Å². The summed E-state index contributed by atoms with van der Waals surface area (Å²) < 4.78 is 0. The summed E-state index contributed by atoms with van der Waals surface area (Å²) in [5.41, 5.74) is 2.26. The largest absolute Gasteiger partial charge is 0.377 e. The highest BCUT2D eigenvalue weighted by Crippen LogP contribution is 2.08. The zero-order chi connectivity index (χ0) is 8.85. The van der Waals surface area contributed by atoms with Gasteiger partial charge in [-0.05, 0) is 25.5 Å². The molecule has 0 saturated carbocycles. The van der Waals surface area contributed by atoms with Crippen LogP contribution in [0.25, 0.3) is 0 Å². The van der Waals surface area contributed by atoms with Gasteiger partial charge in [0.2, 0.25) is 0 Å². The van der Waals surface area contributed by atoms with E-state index in [2.05, 4.69) is 17.6 Å². The predicted molar refractivity (Wildman–Crippen MR) is 51.4 cm³/mol. The Bertz CT molecular complexity index is 185. The van der Waals surface area contributed by atoms with Crippen molar-refractivity contribution >= 4 is 0 Å². The molecule has 0 aromatic rings. The summed E-state index contributed by atoms with van der Waals surface area (Å²) >= 11 is 0. The third-order valence-electron chi connectivity index (χ3n) is 1.37. The first-order valence-electron chi connectivity index (χ1n) is 3.75. The molecule has 0 bridgehead atoms. The minimum Gasteiger partial charge on any atom is -0.377 e. The highest BCUT2D eigenvalue weighted by molar-refractivity contribution is 5.28. The van der Waals surface area contributed by atoms with E-state index >= 15 is 0 Å². The second-order valence-electron chi connectivity index (χ2n) is 2.75. The SMILES string of the molecule is C=C(C)/C(=C\C=C/C)N(C)C. The Morgan fingerprint density at radius 2 is 1.91 bits per heavy atom. The summed E-state index contributed by atoms with van der Waals surface area (Å²) in [6.45, 7) is 7.90. The van der Waals surface area contributed by atoms with Crippen LogP contribution >= 0.6 is 0 Å². The molecule has 0 unspecified atom stereocenters. The summed E-state index contributed by atoms with van der Waals surface area (Å²) in [5, 5.41) is 0. The number of rotatable bonds is 3. The van der Waals surface area contributed by atoms with Crippen molar-refractivity contribution in [1.82, 2.24) is 4.90 Å². The van der Waals surface area contributed by atoms with E-state index in [4.69, 9.17) is 0 Å². The van der Waals surface area contributed by atoms with E-state index in [0.29, 0.717) is 0 Å². The van der Waals surface area contributed by atoms with E-state index in [1.165, 1.54) is 5.70 Å². The Kier molecular flexibility index (Phi) is 4.35. The molecular formula is C10H17N. The molecule has 0 aromatic heterocycles. The number of allylic oxidation sites excluding steroid dienone is 4. The van der Waals surface area contributed by atoms with Crippen molar-refractivity contribution in [3.8, 4) is 0 Å². The van der Waals surface area contributed by atoms with Gasteiger partial charge < -0.3 is 4.90 Å². The lowest BCUT2D eigenvalue weighted by molar-refractivity contribution is 0.522. The van der Waals surface area contributed by atoms with Gasteiger partial charge in [-0.1, -0.05) is 18.7 Å². The third-order valence-corrected chi connectivity index (χ3v) is 1.37. The lowest BCUT2D eigenvalue weighted by Gasteiger charge is -2.16. The highest BCUT2D eigenvalue weighted by Gasteiger charge is 1.96. The second kappa shape index (κ2) is 4.78. The van der Waals surface area contributed by atoms with Gasteiger partial charge >= 0.3 is 0 Å². The van der Waals surface area contributed by atoms with Crippen molar-refractivity contribution < 1.29 is 0 Å². The maximum Gasteiger partial charge on any atom is 0.0384 e. The Morgan fingerprint density at radius 3 is 2.18 bits per heavy atom. The second-order valence-corrected chi connectivity index (χ2v) is 2.75. The summed E-state index contributed by atoms with van der Waals surface area (Å²) in [6.07, 6.45) is 6.08. The van der Waals surface area contributed by atoms with Crippen LogP contribution in [0.15, 0.2) is 36.1 Å². The molecule has 0 amide bonds. The normalized spacial score (nSPS) is 12.2. The molecule has 0 aromatic carbocycles. The first-order chi connectivity index (χ1) is 5.09. The fourth-order valence-electron chi connectivity index (χ4n) is 0.860. The van der Waals surface area contributed by atoms with E-state index in [0.717, 1.165) is 5.57 Å². The molecule has 0 saturated heterocycles. The first kappa shape index (κ1) is 10.0. The fourth-order valence-corrected chi connectivity index (χ4v) is 0.860. The molecule has 1 nitrogen and oxygen atoms in total. The molecule has 0 atom stereocenters.